The summed E-state index contributed by atoms with van der Waals surface area (Å²) in [5.74, 6) is 0.444. The van der Waals surface area contributed by atoms with Crippen LogP contribution < -0.4 is 11.5 Å². The summed E-state index contributed by atoms with van der Waals surface area (Å²) in [6.45, 7) is 0. The van der Waals surface area contributed by atoms with Crippen LogP contribution in [-0.4, -0.2) is 5.54 Å². The molecule has 0 saturated heterocycles. The van der Waals surface area contributed by atoms with E-state index in [1.165, 1.54) is 21.9 Å². The van der Waals surface area contributed by atoms with Gasteiger partial charge >= 0.3 is 0 Å². The van der Waals surface area contributed by atoms with Gasteiger partial charge in [-0.2, -0.15) is 0 Å². The van der Waals surface area contributed by atoms with Gasteiger partial charge < -0.3 is 11.5 Å². The molecule has 4 N–H and O–H groups in total. The largest absolute Gasteiger partial charge is 0.399 e. The predicted octanol–water partition coefficient (Wildman–Crippen LogP) is 3.85. The maximum Gasteiger partial charge on any atom is 0.0314 e. The van der Waals surface area contributed by atoms with Crippen LogP contribution in [-0.2, 0) is 6.42 Å². The summed E-state index contributed by atoms with van der Waals surface area (Å²) in [5, 5.41) is 2.57. The first-order valence-corrected chi connectivity index (χ1v) is 7.76. The summed E-state index contributed by atoms with van der Waals surface area (Å²) >= 11 is 0. The number of anilines is 1. The molecule has 4 rings (SSSR count). The Morgan fingerprint density at radius 1 is 0.909 bits per heavy atom. The lowest BCUT2D eigenvalue weighted by Crippen LogP contribution is -2.27. The number of nitrogen functional groups attached to an aromatic ring is 1. The highest BCUT2D eigenvalue weighted by Crippen LogP contribution is 2.51. The molecule has 3 aromatic rings. The van der Waals surface area contributed by atoms with Gasteiger partial charge in [-0.15, -0.1) is 0 Å². The SMILES string of the molecule is Nc1ccc([C@@H]2C[C@@]2(N)Cc2ccc3ccccc3c2)cc1. The first-order valence-electron chi connectivity index (χ1n) is 7.76. The summed E-state index contributed by atoms with van der Waals surface area (Å²) in [6, 6.07) is 23.3. The van der Waals surface area contributed by atoms with Crippen molar-refractivity contribution in [3.05, 3.63) is 77.9 Å². The number of nitrogens with two attached hydrogens (primary N) is 2. The minimum atomic E-state index is -0.113. The Labute approximate surface area is 130 Å². The van der Waals surface area contributed by atoms with Gasteiger partial charge in [0.25, 0.3) is 0 Å². The van der Waals surface area contributed by atoms with Crippen LogP contribution >= 0.6 is 0 Å². The van der Waals surface area contributed by atoms with E-state index in [0.29, 0.717) is 5.92 Å². The molecular weight excluding hydrogens is 268 g/mol. The Bertz CT molecular complexity index is 822. The minimum Gasteiger partial charge on any atom is -0.399 e. The van der Waals surface area contributed by atoms with Crippen LogP contribution in [0, 0.1) is 0 Å². The predicted molar refractivity (Wildman–Crippen MR) is 92.8 cm³/mol. The zero-order chi connectivity index (χ0) is 15.2. The van der Waals surface area contributed by atoms with Crippen LogP contribution in [0.15, 0.2) is 66.7 Å². The number of hydrogen-bond donors (Lipinski definition) is 2. The van der Waals surface area contributed by atoms with Gasteiger partial charge in [-0.25, -0.2) is 0 Å². The third-order valence-corrected chi connectivity index (χ3v) is 4.80. The van der Waals surface area contributed by atoms with E-state index in [9.17, 15) is 0 Å². The van der Waals surface area contributed by atoms with Gasteiger partial charge in [-0.1, -0.05) is 54.6 Å². The maximum absolute atomic E-state index is 6.61. The van der Waals surface area contributed by atoms with Crippen LogP contribution in [0.5, 0.6) is 0 Å². The van der Waals surface area contributed by atoms with Crippen LogP contribution in [0.2, 0.25) is 0 Å². The molecule has 1 aliphatic carbocycles. The fraction of sp³-hybridized carbons (Fsp3) is 0.200. The fourth-order valence-electron chi connectivity index (χ4n) is 3.42. The molecule has 2 atom stereocenters. The number of hydrogen-bond acceptors (Lipinski definition) is 2. The van der Waals surface area contributed by atoms with E-state index in [2.05, 4.69) is 54.6 Å². The Kier molecular flexibility index (Phi) is 2.95. The molecule has 0 bridgehead atoms. The highest BCUT2D eigenvalue weighted by molar-refractivity contribution is 5.83. The highest BCUT2D eigenvalue weighted by atomic mass is 14.9. The first-order chi connectivity index (χ1) is 10.6. The molecule has 2 heteroatoms. The Morgan fingerprint density at radius 2 is 1.64 bits per heavy atom. The smallest absolute Gasteiger partial charge is 0.0314 e. The summed E-state index contributed by atoms with van der Waals surface area (Å²) in [6.07, 6.45) is 1.97. The van der Waals surface area contributed by atoms with E-state index in [1.807, 2.05) is 12.1 Å². The molecule has 0 unspecified atom stereocenters. The van der Waals surface area contributed by atoms with Crippen LogP contribution in [0.25, 0.3) is 10.8 Å². The lowest BCUT2D eigenvalue weighted by Gasteiger charge is -2.13. The molecule has 0 amide bonds. The molecule has 0 heterocycles. The monoisotopic (exact) mass is 288 g/mol. The van der Waals surface area contributed by atoms with E-state index < -0.39 is 0 Å². The van der Waals surface area contributed by atoms with Gasteiger partial charge in [0.1, 0.15) is 0 Å². The molecular formula is C20H20N2. The molecule has 0 aliphatic heterocycles. The molecule has 110 valence electrons. The van der Waals surface area contributed by atoms with Crippen LogP contribution in [0.3, 0.4) is 0 Å². The number of rotatable bonds is 3. The van der Waals surface area contributed by atoms with Crippen molar-refractivity contribution >= 4 is 16.5 Å². The quantitative estimate of drug-likeness (QED) is 0.719. The standard InChI is InChI=1S/C20H20N2/c21-18-9-7-16(8-10-18)19-13-20(19,22)12-14-5-6-15-3-1-2-4-17(15)11-14/h1-11,19H,12-13,21-22H2/t19-,20-/m0/s1. The second kappa shape index (κ2) is 4.85. The molecule has 0 radical (unpaired) electrons. The van der Waals surface area contributed by atoms with Crippen molar-refractivity contribution < 1.29 is 0 Å². The molecule has 22 heavy (non-hydrogen) atoms. The summed E-state index contributed by atoms with van der Waals surface area (Å²) in [7, 11) is 0. The van der Waals surface area contributed by atoms with Crippen molar-refractivity contribution in [3.8, 4) is 0 Å². The zero-order valence-corrected chi connectivity index (χ0v) is 12.5. The van der Waals surface area contributed by atoms with Gasteiger partial charge in [0.05, 0.1) is 0 Å². The lowest BCUT2D eigenvalue weighted by molar-refractivity contribution is 0.646. The van der Waals surface area contributed by atoms with Gasteiger partial charge in [0.15, 0.2) is 0 Å². The third kappa shape index (κ3) is 2.36. The summed E-state index contributed by atoms with van der Waals surface area (Å²) in [5.41, 5.74) is 15.7. The molecule has 3 aromatic carbocycles. The minimum absolute atomic E-state index is 0.113. The van der Waals surface area contributed by atoms with E-state index in [-0.39, 0.29) is 5.54 Å². The molecule has 1 fully saturated rings. The van der Waals surface area contributed by atoms with Crippen molar-refractivity contribution in [2.45, 2.75) is 24.3 Å². The van der Waals surface area contributed by atoms with Crippen molar-refractivity contribution in [1.29, 1.82) is 0 Å². The van der Waals surface area contributed by atoms with Crippen molar-refractivity contribution in [2.24, 2.45) is 5.73 Å². The van der Waals surface area contributed by atoms with Crippen LogP contribution in [0.4, 0.5) is 5.69 Å². The second-order valence-corrected chi connectivity index (χ2v) is 6.51. The fourth-order valence-corrected chi connectivity index (χ4v) is 3.42. The molecule has 0 spiro atoms. The summed E-state index contributed by atoms with van der Waals surface area (Å²) in [4.78, 5) is 0. The first kappa shape index (κ1) is 13.4. The van der Waals surface area contributed by atoms with E-state index >= 15 is 0 Å². The Morgan fingerprint density at radius 3 is 2.41 bits per heavy atom. The van der Waals surface area contributed by atoms with E-state index in [1.54, 1.807) is 0 Å². The zero-order valence-electron chi connectivity index (χ0n) is 12.5. The van der Waals surface area contributed by atoms with E-state index in [0.717, 1.165) is 18.5 Å². The normalized spacial score (nSPS) is 23.6. The average Bonchev–Trinajstić information content (AvgIpc) is 3.19. The van der Waals surface area contributed by atoms with Crippen molar-refractivity contribution in [1.82, 2.24) is 0 Å². The molecule has 1 saturated carbocycles. The second-order valence-electron chi connectivity index (χ2n) is 6.51. The number of fused-ring (bicyclic) bond motifs is 1. The van der Waals surface area contributed by atoms with Gasteiger partial charge in [0, 0.05) is 17.1 Å². The molecule has 2 nitrogen and oxygen atoms in total. The van der Waals surface area contributed by atoms with Crippen LogP contribution in [0.1, 0.15) is 23.5 Å². The average molecular weight is 288 g/mol. The highest BCUT2D eigenvalue weighted by Gasteiger charge is 2.51. The lowest BCUT2D eigenvalue weighted by atomic mass is 9.97. The molecule has 0 aromatic heterocycles. The van der Waals surface area contributed by atoms with Crippen molar-refractivity contribution in [3.63, 3.8) is 0 Å². The van der Waals surface area contributed by atoms with E-state index in [4.69, 9.17) is 11.5 Å². The third-order valence-electron chi connectivity index (χ3n) is 4.80. The summed E-state index contributed by atoms with van der Waals surface area (Å²) < 4.78 is 0. The van der Waals surface area contributed by atoms with Crippen molar-refractivity contribution in [2.75, 3.05) is 5.73 Å². The topological polar surface area (TPSA) is 52.0 Å². The Balaban J connectivity index is 1.56. The van der Waals surface area contributed by atoms with Gasteiger partial charge in [0.2, 0.25) is 0 Å². The maximum atomic E-state index is 6.61. The van der Waals surface area contributed by atoms with Gasteiger partial charge in [-0.3, -0.25) is 0 Å². The number of benzene rings is 3. The molecule has 1 aliphatic rings. The Hall–Kier alpha value is -2.32. The van der Waals surface area contributed by atoms with Gasteiger partial charge in [-0.05, 0) is 46.9 Å².